The third kappa shape index (κ3) is 7.37. The zero-order valence-corrected chi connectivity index (χ0v) is 24.4. The Labute approximate surface area is 241 Å². The Morgan fingerprint density at radius 2 is 1.85 bits per heavy atom. The van der Waals surface area contributed by atoms with Crippen LogP contribution in [0.1, 0.15) is 45.6 Å². The number of oxime groups is 1. The van der Waals surface area contributed by atoms with Gasteiger partial charge in [-0.3, -0.25) is 10.1 Å². The third-order valence-electron chi connectivity index (χ3n) is 6.02. The Morgan fingerprint density at radius 3 is 2.51 bits per heavy atom. The number of carbonyl (C=O) groups excluding carboxylic acids is 2. The van der Waals surface area contributed by atoms with E-state index in [1.807, 2.05) is 0 Å². The predicted octanol–water partition coefficient (Wildman–Crippen LogP) is 3.50. The first kappa shape index (κ1) is 28.9. The average Bonchev–Trinajstić information content (AvgIpc) is 3.52. The number of aromatic nitrogens is 2. The monoisotopic (exact) mass is 602 g/mol. The summed E-state index contributed by atoms with van der Waals surface area (Å²) < 4.78 is 41.2. The van der Waals surface area contributed by atoms with Gasteiger partial charge in [-0.05, 0) is 51.8 Å². The number of thiazole rings is 1. The molecule has 1 aromatic carbocycles. The minimum atomic E-state index is -3.38. The van der Waals surface area contributed by atoms with Crippen LogP contribution in [0.2, 0.25) is 0 Å². The number of carbonyl (C=O) groups is 2. The quantitative estimate of drug-likeness (QED) is 0.207. The number of pyridine rings is 1. The van der Waals surface area contributed by atoms with Crippen LogP contribution in [0.3, 0.4) is 0 Å². The van der Waals surface area contributed by atoms with E-state index in [4.69, 9.17) is 19.0 Å². The van der Waals surface area contributed by atoms with E-state index >= 15 is 0 Å². The van der Waals surface area contributed by atoms with Crippen LogP contribution in [0.25, 0.3) is 10.3 Å². The van der Waals surface area contributed by atoms with Gasteiger partial charge >= 0.3 is 5.97 Å². The SMILES string of the molecule is CC(C)(C)OC(=O)COc1ccc2nc(NC(=O)/C(=N/O[C@@H]3CCOC3)c3ccc(S(=O)(=O)C4CC4)cc3)sc2n1. The highest BCUT2D eigenvalue weighted by Gasteiger charge is 2.37. The maximum Gasteiger partial charge on any atom is 0.344 e. The number of sulfone groups is 1. The molecular weight excluding hydrogens is 572 g/mol. The van der Waals surface area contributed by atoms with E-state index < -0.39 is 27.3 Å². The summed E-state index contributed by atoms with van der Waals surface area (Å²) in [5, 5.41) is 6.76. The minimum Gasteiger partial charge on any atom is -0.466 e. The highest BCUT2D eigenvalue weighted by atomic mass is 32.2. The van der Waals surface area contributed by atoms with Crippen molar-refractivity contribution in [2.45, 2.75) is 61.9 Å². The Balaban J connectivity index is 1.31. The van der Waals surface area contributed by atoms with Gasteiger partial charge < -0.3 is 19.0 Å². The van der Waals surface area contributed by atoms with Gasteiger partial charge in [0, 0.05) is 18.1 Å². The van der Waals surface area contributed by atoms with Crippen molar-refractivity contribution in [1.82, 2.24) is 9.97 Å². The average molecular weight is 603 g/mol. The lowest BCUT2D eigenvalue weighted by Crippen LogP contribution is -2.27. The third-order valence-corrected chi connectivity index (χ3v) is 9.18. The van der Waals surface area contributed by atoms with Crippen LogP contribution in [-0.2, 0) is 33.7 Å². The van der Waals surface area contributed by atoms with Crippen LogP contribution in [0.4, 0.5) is 5.13 Å². The maximum atomic E-state index is 13.4. The molecule has 0 unspecified atom stereocenters. The maximum absolute atomic E-state index is 13.4. The number of esters is 1. The van der Waals surface area contributed by atoms with Gasteiger partial charge in [0.2, 0.25) is 5.88 Å². The lowest BCUT2D eigenvalue weighted by atomic mass is 10.1. The van der Waals surface area contributed by atoms with Crippen molar-refractivity contribution in [1.29, 1.82) is 0 Å². The molecule has 0 bridgehead atoms. The van der Waals surface area contributed by atoms with Gasteiger partial charge in [-0.15, -0.1) is 0 Å². The number of rotatable bonds is 10. The number of hydrogen-bond donors (Lipinski definition) is 1. The highest BCUT2D eigenvalue weighted by molar-refractivity contribution is 7.92. The molecular formula is C27H30N4O8S2. The number of amides is 1. The van der Waals surface area contributed by atoms with Crippen molar-refractivity contribution in [2.24, 2.45) is 5.16 Å². The first-order valence-corrected chi connectivity index (χ1v) is 15.4. The molecule has 1 aliphatic heterocycles. The van der Waals surface area contributed by atoms with Crippen molar-refractivity contribution in [3.8, 4) is 5.88 Å². The summed E-state index contributed by atoms with van der Waals surface area (Å²) >= 11 is 1.11. The molecule has 14 heteroatoms. The molecule has 5 rings (SSSR count). The second-order valence-corrected chi connectivity index (χ2v) is 13.8. The first-order valence-electron chi connectivity index (χ1n) is 13.1. The Morgan fingerprint density at radius 1 is 1.10 bits per heavy atom. The van der Waals surface area contributed by atoms with Crippen LogP contribution in [0.5, 0.6) is 5.88 Å². The predicted molar refractivity (Wildman–Crippen MR) is 151 cm³/mol. The molecule has 0 radical (unpaired) electrons. The molecule has 41 heavy (non-hydrogen) atoms. The summed E-state index contributed by atoms with van der Waals surface area (Å²) in [7, 11) is -3.38. The molecule has 12 nitrogen and oxygen atoms in total. The fraction of sp³-hybridized carbons (Fsp3) is 0.444. The largest absolute Gasteiger partial charge is 0.466 e. The number of benzene rings is 1. The number of nitrogens with one attached hydrogen (secondary N) is 1. The lowest BCUT2D eigenvalue weighted by Gasteiger charge is -2.19. The Hall–Kier alpha value is -3.62. The van der Waals surface area contributed by atoms with Gasteiger partial charge in [0.05, 0.1) is 23.4 Å². The van der Waals surface area contributed by atoms with Crippen LogP contribution in [0, 0.1) is 0 Å². The van der Waals surface area contributed by atoms with Gasteiger partial charge in [0.1, 0.15) is 15.9 Å². The molecule has 1 N–H and O–H groups in total. The van der Waals surface area contributed by atoms with Gasteiger partial charge in [-0.2, -0.15) is 0 Å². The highest BCUT2D eigenvalue weighted by Crippen LogP contribution is 2.33. The number of hydrogen-bond acceptors (Lipinski definition) is 12. The van der Waals surface area contributed by atoms with Crippen LogP contribution in [0.15, 0.2) is 46.4 Å². The second kappa shape index (κ2) is 11.7. The van der Waals surface area contributed by atoms with E-state index in [1.165, 1.54) is 24.3 Å². The van der Waals surface area contributed by atoms with E-state index in [0.717, 1.165) is 11.3 Å². The lowest BCUT2D eigenvalue weighted by molar-refractivity contribution is -0.157. The summed E-state index contributed by atoms with van der Waals surface area (Å²) in [6, 6.07) is 9.26. The topological polar surface area (TPSA) is 155 Å². The molecule has 1 amide bonds. The molecule has 3 heterocycles. The van der Waals surface area contributed by atoms with Crippen molar-refractivity contribution in [3.63, 3.8) is 0 Å². The van der Waals surface area contributed by atoms with E-state index in [0.29, 0.717) is 48.4 Å². The van der Waals surface area contributed by atoms with E-state index in [1.54, 1.807) is 32.9 Å². The second-order valence-electron chi connectivity index (χ2n) is 10.6. The van der Waals surface area contributed by atoms with Gasteiger partial charge in [-0.1, -0.05) is 28.6 Å². The molecule has 1 aliphatic carbocycles. The summed E-state index contributed by atoms with van der Waals surface area (Å²) in [6.07, 6.45) is 1.66. The summed E-state index contributed by atoms with van der Waals surface area (Å²) in [6.45, 7) is 5.90. The fourth-order valence-corrected chi connectivity index (χ4v) is 6.40. The molecule has 1 atom stereocenters. The molecule has 218 valence electrons. The smallest absolute Gasteiger partial charge is 0.344 e. The molecule has 2 aliphatic rings. The molecule has 2 aromatic heterocycles. The Kier molecular flexibility index (Phi) is 8.25. The molecule has 0 spiro atoms. The zero-order chi connectivity index (χ0) is 29.2. The Bertz CT molecular complexity index is 1570. The normalized spacial score (nSPS) is 17.8. The first-order chi connectivity index (χ1) is 19.5. The van der Waals surface area contributed by atoms with Gasteiger partial charge in [0.25, 0.3) is 5.91 Å². The van der Waals surface area contributed by atoms with Crippen LogP contribution >= 0.6 is 11.3 Å². The van der Waals surface area contributed by atoms with E-state index in [9.17, 15) is 18.0 Å². The summed E-state index contributed by atoms with van der Waals surface area (Å²) in [5.41, 5.74) is 0.230. The minimum absolute atomic E-state index is 0.0409. The van der Waals surface area contributed by atoms with E-state index in [2.05, 4.69) is 20.4 Å². The standard InChI is InChI=1S/C27H30N4O8S2/c1-27(2,3)38-22(32)15-37-21-11-10-20-25(29-21)40-26(28-20)30-24(33)23(31-39-17-12-13-36-14-17)16-4-6-18(7-5-16)41(34,35)19-8-9-19/h4-7,10-11,17,19H,8-9,12-15H2,1-3H3,(H,28,30,33)/b31-23+/t17-/m1/s1. The molecule has 1 saturated carbocycles. The van der Waals surface area contributed by atoms with Crippen molar-refractivity contribution >= 4 is 54.2 Å². The number of anilines is 1. The number of fused-ring (bicyclic) bond motifs is 1. The number of nitrogens with zero attached hydrogens (tertiary/aromatic N) is 3. The van der Waals surface area contributed by atoms with Gasteiger partial charge in [0.15, 0.2) is 33.4 Å². The summed E-state index contributed by atoms with van der Waals surface area (Å²) in [4.78, 5) is 40.3. The van der Waals surface area contributed by atoms with Crippen LogP contribution in [-0.4, -0.2) is 72.7 Å². The molecule has 3 aromatic rings. The van der Waals surface area contributed by atoms with E-state index in [-0.39, 0.29) is 39.6 Å². The van der Waals surface area contributed by atoms with Crippen molar-refractivity contribution in [2.75, 3.05) is 25.1 Å². The van der Waals surface area contributed by atoms with Crippen molar-refractivity contribution < 1.29 is 37.1 Å². The van der Waals surface area contributed by atoms with Crippen LogP contribution < -0.4 is 10.1 Å². The van der Waals surface area contributed by atoms with Crippen molar-refractivity contribution in [3.05, 3.63) is 42.0 Å². The van der Waals surface area contributed by atoms with Gasteiger partial charge in [-0.25, -0.2) is 23.2 Å². The fourth-order valence-electron chi connectivity index (χ4n) is 3.92. The molecule has 2 fully saturated rings. The zero-order valence-electron chi connectivity index (χ0n) is 22.8. The molecule has 1 saturated heterocycles. The number of ether oxygens (including phenoxy) is 3. The summed E-state index contributed by atoms with van der Waals surface area (Å²) in [5.74, 6) is -0.907.